The summed E-state index contributed by atoms with van der Waals surface area (Å²) in [6, 6.07) is 8.17. The minimum absolute atomic E-state index is 0.141. The van der Waals surface area contributed by atoms with Gasteiger partial charge in [-0.25, -0.2) is 8.42 Å². The van der Waals surface area contributed by atoms with Crippen LogP contribution in [0.5, 0.6) is 0 Å². The van der Waals surface area contributed by atoms with Gasteiger partial charge in [-0.1, -0.05) is 6.07 Å². The molecular weight excluding hydrogens is 404 g/mol. The second kappa shape index (κ2) is 8.05. The molecule has 1 fully saturated rings. The minimum Gasteiger partial charge on any atom is -0.368 e. The van der Waals surface area contributed by atoms with Gasteiger partial charge in [-0.2, -0.15) is 9.57 Å². The summed E-state index contributed by atoms with van der Waals surface area (Å²) < 4.78 is 28.3. The summed E-state index contributed by atoms with van der Waals surface area (Å²) in [7, 11) is -3.66. The van der Waals surface area contributed by atoms with E-state index in [4.69, 9.17) is 0 Å². The molecule has 2 aromatic carbocycles. The van der Waals surface area contributed by atoms with Gasteiger partial charge >= 0.3 is 0 Å². The van der Waals surface area contributed by atoms with E-state index in [-0.39, 0.29) is 24.3 Å². The Labute approximate surface area is 176 Å². The third-order valence-corrected chi connectivity index (χ3v) is 7.96. The van der Waals surface area contributed by atoms with E-state index in [1.807, 2.05) is 44.7 Å². The van der Waals surface area contributed by atoms with Gasteiger partial charge < -0.3 is 4.90 Å². The third kappa shape index (κ3) is 3.76. The number of piperazine rings is 1. The van der Waals surface area contributed by atoms with Crippen molar-refractivity contribution in [3.05, 3.63) is 62.2 Å². The van der Waals surface area contributed by atoms with Gasteiger partial charge in [-0.3, -0.25) is 10.1 Å². The molecule has 9 heteroatoms. The number of sulfonamides is 1. The van der Waals surface area contributed by atoms with E-state index in [0.29, 0.717) is 23.7 Å². The van der Waals surface area contributed by atoms with Crippen LogP contribution in [0.2, 0.25) is 0 Å². The van der Waals surface area contributed by atoms with Crippen molar-refractivity contribution >= 4 is 21.4 Å². The average Bonchev–Trinajstić information content (AvgIpc) is 2.72. The van der Waals surface area contributed by atoms with E-state index < -0.39 is 14.9 Å². The highest BCUT2D eigenvalue weighted by molar-refractivity contribution is 7.89. The molecule has 0 atom stereocenters. The number of nitro benzene ring substituents is 1. The van der Waals surface area contributed by atoms with Crippen LogP contribution in [0.1, 0.15) is 27.8 Å². The normalized spacial score (nSPS) is 15.1. The Morgan fingerprint density at radius 1 is 1.00 bits per heavy atom. The second-order valence-corrected chi connectivity index (χ2v) is 9.43. The minimum atomic E-state index is -3.66. The van der Waals surface area contributed by atoms with Crippen LogP contribution in [0.25, 0.3) is 0 Å². The van der Waals surface area contributed by atoms with Gasteiger partial charge in [-0.15, -0.1) is 0 Å². The summed E-state index contributed by atoms with van der Waals surface area (Å²) in [6.45, 7) is 8.84. The number of non-ortho nitro benzene ring substituents is 1. The quantitative estimate of drug-likeness (QED) is 0.547. The summed E-state index contributed by atoms with van der Waals surface area (Å²) in [5, 5.41) is 20.3. The van der Waals surface area contributed by atoms with E-state index in [2.05, 4.69) is 0 Å². The van der Waals surface area contributed by atoms with Gasteiger partial charge in [0.1, 0.15) is 6.07 Å². The first kappa shape index (κ1) is 21.7. The van der Waals surface area contributed by atoms with Gasteiger partial charge in [0.05, 0.1) is 21.1 Å². The Morgan fingerprint density at radius 3 is 2.07 bits per heavy atom. The van der Waals surface area contributed by atoms with Crippen molar-refractivity contribution in [3.63, 3.8) is 0 Å². The molecule has 1 saturated heterocycles. The predicted molar refractivity (Wildman–Crippen MR) is 114 cm³/mol. The van der Waals surface area contributed by atoms with E-state index >= 15 is 0 Å². The number of hydrogen-bond donors (Lipinski definition) is 0. The number of nitriles is 1. The molecular formula is C21H24N4O4S. The molecule has 1 aliphatic heterocycles. The number of anilines is 1. The number of aryl methyl sites for hydroxylation is 2. The van der Waals surface area contributed by atoms with Crippen LogP contribution in [-0.2, 0) is 10.0 Å². The van der Waals surface area contributed by atoms with E-state index in [0.717, 1.165) is 22.3 Å². The molecule has 30 heavy (non-hydrogen) atoms. The Morgan fingerprint density at radius 2 is 1.57 bits per heavy atom. The molecule has 0 aliphatic carbocycles. The molecule has 2 aromatic rings. The number of hydrogen-bond acceptors (Lipinski definition) is 6. The number of rotatable bonds is 4. The predicted octanol–water partition coefficient (Wildman–Crippen LogP) is 3.21. The number of nitro groups is 1. The molecule has 0 radical (unpaired) electrons. The molecule has 1 aliphatic rings. The summed E-state index contributed by atoms with van der Waals surface area (Å²) in [4.78, 5) is 12.7. The Bertz CT molecular complexity index is 1130. The Balaban J connectivity index is 1.86. The first-order valence-corrected chi connectivity index (χ1v) is 11.0. The average molecular weight is 429 g/mol. The van der Waals surface area contributed by atoms with Crippen molar-refractivity contribution in [1.82, 2.24) is 4.31 Å². The monoisotopic (exact) mass is 428 g/mol. The van der Waals surface area contributed by atoms with Crippen LogP contribution in [0.4, 0.5) is 11.4 Å². The fourth-order valence-electron chi connectivity index (χ4n) is 3.87. The molecule has 158 valence electrons. The largest absolute Gasteiger partial charge is 0.368 e. The zero-order valence-corrected chi connectivity index (χ0v) is 18.3. The number of benzene rings is 2. The van der Waals surface area contributed by atoms with Crippen molar-refractivity contribution in [2.75, 3.05) is 31.1 Å². The van der Waals surface area contributed by atoms with Crippen LogP contribution in [0.15, 0.2) is 29.2 Å². The molecule has 0 amide bonds. The maximum absolute atomic E-state index is 13.4. The first-order chi connectivity index (χ1) is 14.1. The van der Waals surface area contributed by atoms with Gasteiger partial charge in [0.2, 0.25) is 10.0 Å². The maximum atomic E-state index is 13.4. The Kier molecular flexibility index (Phi) is 5.83. The van der Waals surface area contributed by atoms with Gasteiger partial charge in [0.15, 0.2) is 0 Å². The van der Waals surface area contributed by atoms with Crippen LogP contribution in [0.3, 0.4) is 0 Å². The SMILES string of the molecule is Cc1cc(C)c(C)c(S(=O)(=O)N2CCN(c3ccc([N+](=O)[O-])cc3C#N)CC2)c1C. The highest BCUT2D eigenvalue weighted by Gasteiger charge is 2.32. The van der Waals surface area contributed by atoms with Crippen molar-refractivity contribution in [1.29, 1.82) is 5.26 Å². The molecule has 8 nitrogen and oxygen atoms in total. The smallest absolute Gasteiger partial charge is 0.270 e. The van der Waals surface area contributed by atoms with Gasteiger partial charge in [0.25, 0.3) is 5.69 Å². The third-order valence-electron chi connectivity index (χ3n) is 5.79. The van der Waals surface area contributed by atoms with Gasteiger partial charge in [-0.05, 0) is 56.0 Å². The molecule has 0 saturated carbocycles. The van der Waals surface area contributed by atoms with Crippen molar-refractivity contribution in [3.8, 4) is 6.07 Å². The maximum Gasteiger partial charge on any atom is 0.270 e. The summed E-state index contributed by atoms with van der Waals surface area (Å²) in [5.74, 6) is 0. The fourth-order valence-corrected chi connectivity index (χ4v) is 5.87. The van der Waals surface area contributed by atoms with E-state index in [1.54, 1.807) is 6.07 Å². The van der Waals surface area contributed by atoms with Crippen LogP contribution in [-0.4, -0.2) is 43.8 Å². The second-order valence-electron chi connectivity index (χ2n) is 7.55. The zero-order valence-electron chi connectivity index (χ0n) is 17.5. The summed E-state index contributed by atoms with van der Waals surface area (Å²) >= 11 is 0. The highest BCUT2D eigenvalue weighted by atomic mass is 32.2. The molecule has 0 spiro atoms. The lowest BCUT2D eigenvalue weighted by Gasteiger charge is -2.36. The van der Waals surface area contributed by atoms with Gasteiger partial charge in [0, 0.05) is 38.3 Å². The van der Waals surface area contributed by atoms with E-state index in [9.17, 15) is 23.8 Å². The lowest BCUT2D eigenvalue weighted by Crippen LogP contribution is -2.49. The van der Waals surface area contributed by atoms with Crippen molar-refractivity contribution in [2.24, 2.45) is 0 Å². The van der Waals surface area contributed by atoms with Crippen molar-refractivity contribution in [2.45, 2.75) is 32.6 Å². The standard InChI is InChI=1S/C21H24N4O4S/c1-14-11-15(2)17(4)21(16(14)3)30(28,29)24-9-7-23(8-10-24)20-6-5-19(25(26)27)12-18(20)13-22/h5-6,11-12H,7-10H2,1-4H3. The summed E-state index contributed by atoms with van der Waals surface area (Å²) in [6.07, 6.45) is 0. The zero-order chi connectivity index (χ0) is 22.2. The van der Waals surface area contributed by atoms with Crippen LogP contribution >= 0.6 is 0 Å². The fraction of sp³-hybridized carbons (Fsp3) is 0.381. The molecule has 0 bridgehead atoms. The van der Waals surface area contributed by atoms with Crippen LogP contribution in [0, 0.1) is 49.1 Å². The Hall–Kier alpha value is -2.96. The molecule has 3 rings (SSSR count). The lowest BCUT2D eigenvalue weighted by molar-refractivity contribution is -0.384. The van der Waals surface area contributed by atoms with Crippen molar-refractivity contribution < 1.29 is 13.3 Å². The number of nitrogens with zero attached hydrogens (tertiary/aromatic N) is 4. The lowest BCUT2D eigenvalue weighted by atomic mass is 10.0. The van der Waals surface area contributed by atoms with Crippen LogP contribution < -0.4 is 4.90 Å². The van der Waals surface area contributed by atoms with E-state index in [1.165, 1.54) is 16.4 Å². The molecule has 1 heterocycles. The molecule has 0 N–H and O–H groups in total. The summed E-state index contributed by atoms with van der Waals surface area (Å²) in [5.41, 5.74) is 4.07. The molecule has 0 unspecified atom stereocenters. The topological polar surface area (TPSA) is 108 Å². The highest BCUT2D eigenvalue weighted by Crippen LogP contribution is 2.31. The molecule has 0 aromatic heterocycles. The first-order valence-electron chi connectivity index (χ1n) is 9.59.